The molecule has 1 unspecified atom stereocenters. The first-order valence-corrected chi connectivity index (χ1v) is 10.7. The highest BCUT2D eigenvalue weighted by atomic mass is 32.2. The first kappa shape index (κ1) is 20.5. The highest BCUT2D eigenvalue weighted by Crippen LogP contribution is 2.26. The van der Waals surface area contributed by atoms with E-state index in [0.717, 1.165) is 18.4 Å². The maximum atomic E-state index is 12.7. The lowest BCUT2D eigenvalue weighted by atomic mass is 10.1. The average Bonchev–Trinajstić information content (AvgIpc) is 3.29. The summed E-state index contributed by atoms with van der Waals surface area (Å²) in [6, 6.07) is 4.78. The molecule has 0 saturated carbocycles. The van der Waals surface area contributed by atoms with E-state index in [2.05, 4.69) is 10.3 Å². The van der Waals surface area contributed by atoms with E-state index in [1.165, 1.54) is 10.4 Å². The molecule has 2 N–H and O–H groups in total. The minimum Gasteiger partial charge on any atom is -0.455 e. The van der Waals surface area contributed by atoms with E-state index in [4.69, 9.17) is 4.42 Å². The zero-order chi connectivity index (χ0) is 20.5. The topological polar surface area (TPSA) is 113 Å². The van der Waals surface area contributed by atoms with Gasteiger partial charge in [0, 0.05) is 30.4 Å². The highest BCUT2D eigenvalue weighted by Gasteiger charge is 2.31. The third kappa shape index (κ3) is 4.11. The molecule has 3 rings (SSSR count). The van der Waals surface area contributed by atoms with Gasteiger partial charge in [-0.3, -0.25) is 9.78 Å². The Labute approximate surface area is 164 Å². The van der Waals surface area contributed by atoms with Gasteiger partial charge in [-0.15, -0.1) is 0 Å². The Hall–Kier alpha value is -2.23. The van der Waals surface area contributed by atoms with Crippen molar-refractivity contribution in [1.29, 1.82) is 0 Å². The molecule has 9 heteroatoms. The smallest absolute Gasteiger partial charge is 0.287 e. The SMILES string of the molecule is Cc1nc(CNC(=O)c2cc(S(=O)(=O)N3CCCC3)c(C)o2)ccc1C(C)O. The van der Waals surface area contributed by atoms with Gasteiger partial charge in [0.15, 0.2) is 5.76 Å². The molecule has 3 heterocycles. The molecule has 0 spiro atoms. The maximum Gasteiger partial charge on any atom is 0.287 e. The number of sulfonamides is 1. The third-order valence-corrected chi connectivity index (χ3v) is 6.85. The predicted molar refractivity (Wildman–Crippen MR) is 102 cm³/mol. The van der Waals surface area contributed by atoms with Crippen LogP contribution in [0.25, 0.3) is 0 Å². The number of amides is 1. The first-order valence-electron chi connectivity index (χ1n) is 9.23. The van der Waals surface area contributed by atoms with Crippen LogP contribution in [0.5, 0.6) is 0 Å². The van der Waals surface area contributed by atoms with Crippen molar-refractivity contribution in [2.24, 2.45) is 0 Å². The number of aliphatic hydroxyl groups excluding tert-OH is 1. The average molecular weight is 407 g/mol. The Kier molecular flexibility index (Phi) is 5.87. The van der Waals surface area contributed by atoms with Gasteiger partial charge in [-0.2, -0.15) is 4.31 Å². The lowest BCUT2D eigenvalue weighted by Gasteiger charge is -2.14. The molecule has 0 aliphatic carbocycles. The molecule has 1 aliphatic heterocycles. The quantitative estimate of drug-likeness (QED) is 0.758. The van der Waals surface area contributed by atoms with Gasteiger partial charge in [0.05, 0.1) is 18.3 Å². The van der Waals surface area contributed by atoms with Crippen LogP contribution in [0.1, 0.15) is 59.1 Å². The van der Waals surface area contributed by atoms with E-state index >= 15 is 0 Å². The summed E-state index contributed by atoms with van der Waals surface area (Å²) in [6.45, 7) is 6.13. The number of nitrogens with zero attached hydrogens (tertiary/aromatic N) is 2. The molecule has 1 fully saturated rings. The fraction of sp³-hybridized carbons (Fsp3) is 0.474. The summed E-state index contributed by atoms with van der Waals surface area (Å²) in [4.78, 5) is 16.8. The van der Waals surface area contributed by atoms with Crippen molar-refractivity contribution in [2.75, 3.05) is 13.1 Å². The molecular formula is C19H25N3O5S. The lowest BCUT2D eigenvalue weighted by Crippen LogP contribution is -2.28. The molecule has 2 aromatic heterocycles. The number of hydrogen-bond acceptors (Lipinski definition) is 6. The summed E-state index contributed by atoms with van der Waals surface area (Å²) in [7, 11) is -3.64. The summed E-state index contributed by atoms with van der Waals surface area (Å²) in [6.07, 6.45) is 1.06. The Morgan fingerprint density at radius 2 is 2.00 bits per heavy atom. The summed E-state index contributed by atoms with van der Waals surface area (Å²) in [5.41, 5.74) is 2.05. The van der Waals surface area contributed by atoms with Crippen LogP contribution >= 0.6 is 0 Å². The molecule has 0 radical (unpaired) electrons. The zero-order valence-corrected chi connectivity index (χ0v) is 17.0. The van der Waals surface area contributed by atoms with Crippen LogP contribution in [-0.2, 0) is 16.6 Å². The van der Waals surface area contributed by atoms with Crippen LogP contribution in [0, 0.1) is 13.8 Å². The highest BCUT2D eigenvalue weighted by molar-refractivity contribution is 7.89. The van der Waals surface area contributed by atoms with Gasteiger partial charge in [-0.05, 0) is 39.7 Å². The normalized spacial score (nSPS) is 16.3. The van der Waals surface area contributed by atoms with Crippen molar-refractivity contribution in [1.82, 2.24) is 14.6 Å². The van der Waals surface area contributed by atoms with E-state index in [9.17, 15) is 18.3 Å². The molecule has 1 atom stereocenters. The molecule has 1 saturated heterocycles. The Bertz CT molecular complexity index is 975. The number of pyridine rings is 1. The number of carbonyl (C=O) groups is 1. The standard InChI is InChI=1S/C19H25N3O5S/c1-12-16(13(2)23)7-6-15(21-12)11-20-19(24)17-10-18(14(3)27-17)28(25,26)22-8-4-5-9-22/h6-7,10,13,23H,4-5,8-9,11H2,1-3H3,(H,20,24). The van der Waals surface area contributed by atoms with Crippen LogP contribution < -0.4 is 5.32 Å². The number of aryl methyl sites for hydroxylation is 2. The van der Waals surface area contributed by atoms with E-state index in [0.29, 0.717) is 24.5 Å². The van der Waals surface area contributed by atoms with Crippen molar-refractivity contribution in [3.8, 4) is 0 Å². The van der Waals surface area contributed by atoms with Gasteiger partial charge in [0.2, 0.25) is 10.0 Å². The van der Waals surface area contributed by atoms with E-state index in [-0.39, 0.29) is 23.0 Å². The number of hydrogen-bond donors (Lipinski definition) is 2. The van der Waals surface area contributed by atoms with Gasteiger partial charge in [0.1, 0.15) is 10.7 Å². The number of furan rings is 1. The summed E-state index contributed by atoms with van der Waals surface area (Å²) >= 11 is 0. The second-order valence-corrected chi connectivity index (χ2v) is 8.88. The van der Waals surface area contributed by atoms with Gasteiger partial charge in [-0.1, -0.05) is 6.07 Å². The molecule has 0 aromatic carbocycles. The van der Waals surface area contributed by atoms with Crippen LogP contribution in [0.15, 0.2) is 27.5 Å². The number of rotatable bonds is 6. The monoisotopic (exact) mass is 407 g/mol. The van der Waals surface area contributed by atoms with Crippen LogP contribution in [0.2, 0.25) is 0 Å². The fourth-order valence-electron chi connectivity index (χ4n) is 3.32. The number of aliphatic hydroxyl groups is 1. The Morgan fingerprint density at radius 3 is 2.61 bits per heavy atom. The van der Waals surface area contributed by atoms with E-state index < -0.39 is 22.0 Å². The van der Waals surface area contributed by atoms with Gasteiger partial charge in [0.25, 0.3) is 5.91 Å². The maximum absolute atomic E-state index is 12.7. The fourth-order valence-corrected chi connectivity index (χ4v) is 5.00. The molecule has 1 aliphatic rings. The third-order valence-electron chi connectivity index (χ3n) is 4.84. The molecule has 0 bridgehead atoms. The predicted octanol–water partition coefficient (Wildman–Crippen LogP) is 2.06. The van der Waals surface area contributed by atoms with Crippen LogP contribution in [-0.4, -0.2) is 41.8 Å². The first-order chi connectivity index (χ1) is 13.2. The van der Waals surface area contributed by atoms with Crippen LogP contribution in [0.3, 0.4) is 0 Å². The van der Waals surface area contributed by atoms with Crippen molar-refractivity contribution in [2.45, 2.75) is 51.2 Å². The second kappa shape index (κ2) is 8.02. The number of nitrogens with one attached hydrogen (secondary N) is 1. The molecule has 8 nitrogen and oxygen atoms in total. The summed E-state index contributed by atoms with van der Waals surface area (Å²) in [5.74, 6) is -0.357. The molecule has 2 aromatic rings. The molecular weight excluding hydrogens is 382 g/mol. The summed E-state index contributed by atoms with van der Waals surface area (Å²) in [5, 5.41) is 12.3. The van der Waals surface area contributed by atoms with E-state index in [1.54, 1.807) is 32.9 Å². The molecule has 28 heavy (non-hydrogen) atoms. The van der Waals surface area contributed by atoms with Gasteiger partial charge >= 0.3 is 0 Å². The van der Waals surface area contributed by atoms with Crippen molar-refractivity contribution >= 4 is 15.9 Å². The zero-order valence-electron chi connectivity index (χ0n) is 16.2. The summed E-state index contributed by atoms with van der Waals surface area (Å²) < 4.78 is 32.2. The Morgan fingerprint density at radius 1 is 1.32 bits per heavy atom. The van der Waals surface area contributed by atoms with E-state index in [1.807, 2.05) is 0 Å². The van der Waals surface area contributed by atoms with Gasteiger partial charge < -0.3 is 14.8 Å². The Balaban J connectivity index is 1.71. The second-order valence-electron chi connectivity index (χ2n) is 6.98. The largest absolute Gasteiger partial charge is 0.455 e. The number of aromatic nitrogens is 1. The lowest BCUT2D eigenvalue weighted by molar-refractivity contribution is 0.0921. The van der Waals surface area contributed by atoms with Crippen LogP contribution in [0.4, 0.5) is 0 Å². The molecule has 152 valence electrons. The van der Waals surface area contributed by atoms with Crippen molar-refractivity contribution < 1.29 is 22.7 Å². The van der Waals surface area contributed by atoms with Crippen molar-refractivity contribution in [3.05, 3.63) is 46.7 Å². The minimum absolute atomic E-state index is 0.0369. The molecule has 1 amide bonds. The minimum atomic E-state index is -3.64. The van der Waals surface area contributed by atoms with Crippen molar-refractivity contribution in [3.63, 3.8) is 0 Å². The number of carbonyl (C=O) groups excluding carboxylic acids is 1. The van der Waals surface area contributed by atoms with Gasteiger partial charge in [-0.25, -0.2) is 8.42 Å².